The summed E-state index contributed by atoms with van der Waals surface area (Å²) in [5, 5.41) is 3.34. The van der Waals surface area contributed by atoms with E-state index < -0.39 is 0 Å². The minimum absolute atomic E-state index is 0.528. The number of rotatable bonds is 5. The molecule has 0 spiro atoms. The third kappa shape index (κ3) is 4.25. The molecule has 2 aliphatic heterocycles. The molecule has 2 aromatic carbocycles. The number of morpholine rings is 1. The molecule has 3 heterocycles. The van der Waals surface area contributed by atoms with E-state index in [1.54, 1.807) is 7.11 Å². The average Bonchev–Trinajstić information content (AvgIpc) is 2.84. The fraction of sp³-hybridized carbons (Fsp3) is 0.348. The Hall–Kier alpha value is -3.39. The van der Waals surface area contributed by atoms with Crippen molar-refractivity contribution in [2.45, 2.75) is 12.8 Å². The molecular weight excluding hydrogens is 392 g/mol. The van der Waals surface area contributed by atoms with Crippen molar-refractivity contribution in [3.05, 3.63) is 54.1 Å². The molecule has 1 N–H and O–H groups in total. The quantitative estimate of drug-likeness (QED) is 0.674. The molecule has 1 saturated heterocycles. The maximum atomic E-state index is 5.51. The highest BCUT2D eigenvalue weighted by molar-refractivity contribution is 5.65. The van der Waals surface area contributed by atoms with Crippen LogP contribution in [0, 0.1) is 0 Å². The van der Waals surface area contributed by atoms with Gasteiger partial charge in [-0.1, -0.05) is 18.2 Å². The molecule has 0 amide bonds. The molecule has 8 heteroatoms. The zero-order valence-corrected chi connectivity index (χ0v) is 17.6. The molecule has 1 fully saturated rings. The summed E-state index contributed by atoms with van der Waals surface area (Å²) in [6.07, 6.45) is 2.14. The Kier molecular flexibility index (Phi) is 5.54. The van der Waals surface area contributed by atoms with Crippen molar-refractivity contribution in [2.75, 3.05) is 55.1 Å². The summed E-state index contributed by atoms with van der Waals surface area (Å²) in [6.45, 7) is 3.76. The van der Waals surface area contributed by atoms with Gasteiger partial charge in [-0.2, -0.15) is 15.0 Å². The number of fused-ring (bicyclic) bond motifs is 1. The lowest BCUT2D eigenvalue weighted by atomic mass is 10.0. The second-order valence-corrected chi connectivity index (χ2v) is 7.60. The second kappa shape index (κ2) is 8.77. The smallest absolute Gasteiger partial charge is 0.236 e. The summed E-state index contributed by atoms with van der Waals surface area (Å²) >= 11 is 0. The number of nitrogens with zero attached hydrogens (tertiary/aromatic N) is 5. The Labute approximate surface area is 181 Å². The van der Waals surface area contributed by atoms with Crippen LogP contribution in [-0.2, 0) is 11.2 Å². The fourth-order valence-electron chi connectivity index (χ4n) is 3.98. The summed E-state index contributed by atoms with van der Waals surface area (Å²) in [5.74, 6) is 2.67. The molecular formula is C23H26N6O2. The van der Waals surface area contributed by atoms with Crippen molar-refractivity contribution in [1.29, 1.82) is 0 Å². The van der Waals surface area contributed by atoms with Crippen LogP contribution < -0.4 is 19.9 Å². The zero-order valence-electron chi connectivity index (χ0n) is 17.6. The van der Waals surface area contributed by atoms with Gasteiger partial charge in [0.25, 0.3) is 0 Å². The Bertz CT molecular complexity index is 1040. The number of hydrogen-bond acceptors (Lipinski definition) is 8. The van der Waals surface area contributed by atoms with E-state index >= 15 is 0 Å². The first-order valence-corrected chi connectivity index (χ1v) is 10.7. The van der Waals surface area contributed by atoms with Gasteiger partial charge in [0.1, 0.15) is 5.75 Å². The summed E-state index contributed by atoms with van der Waals surface area (Å²) in [6, 6.07) is 16.2. The zero-order chi connectivity index (χ0) is 21.0. The Morgan fingerprint density at radius 3 is 2.48 bits per heavy atom. The lowest BCUT2D eigenvalue weighted by Crippen LogP contribution is -2.38. The van der Waals surface area contributed by atoms with Gasteiger partial charge in [0, 0.05) is 31.0 Å². The third-order valence-electron chi connectivity index (χ3n) is 5.60. The number of ether oxygens (including phenoxy) is 2. The number of aryl methyl sites for hydroxylation is 1. The van der Waals surface area contributed by atoms with Crippen molar-refractivity contribution in [1.82, 2.24) is 15.0 Å². The molecule has 0 aliphatic carbocycles. The highest BCUT2D eigenvalue weighted by atomic mass is 16.5. The van der Waals surface area contributed by atoms with E-state index in [0.29, 0.717) is 31.1 Å². The van der Waals surface area contributed by atoms with Crippen molar-refractivity contribution < 1.29 is 9.47 Å². The van der Waals surface area contributed by atoms with Gasteiger partial charge >= 0.3 is 0 Å². The van der Waals surface area contributed by atoms with Crippen LogP contribution in [0.4, 0.5) is 29.2 Å². The topological polar surface area (TPSA) is 75.6 Å². The van der Waals surface area contributed by atoms with Gasteiger partial charge in [-0.15, -0.1) is 0 Å². The standard InChI is InChI=1S/C23H26N6O2/c1-30-19-10-8-18(9-11-19)24-21-25-22(28-13-15-31-16-14-28)27-23(26-21)29-12-4-6-17-5-2-3-7-20(17)29/h2-3,5,7-11H,4,6,12-16H2,1H3,(H,24,25,26,27). The van der Waals surface area contributed by atoms with Gasteiger partial charge in [-0.05, 0) is 48.7 Å². The van der Waals surface area contributed by atoms with Gasteiger partial charge < -0.3 is 24.6 Å². The molecule has 3 aromatic rings. The minimum Gasteiger partial charge on any atom is -0.497 e. The predicted molar refractivity (Wildman–Crippen MR) is 121 cm³/mol. The first-order chi connectivity index (χ1) is 15.3. The van der Waals surface area contributed by atoms with E-state index in [9.17, 15) is 0 Å². The number of aromatic nitrogens is 3. The minimum atomic E-state index is 0.528. The number of hydrogen-bond donors (Lipinski definition) is 1. The first kappa shape index (κ1) is 19.6. The van der Waals surface area contributed by atoms with E-state index in [2.05, 4.69) is 39.4 Å². The summed E-state index contributed by atoms with van der Waals surface area (Å²) in [5.41, 5.74) is 3.39. The highest BCUT2D eigenvalue weighted by Gasteiger charge is 2.23. The highest BCUT2D eigenvalue weighted by Crippen LogP contribution is 2.33. The molecule has 160 valence electrons. The van der Waals surface area contributed by atoms with Crippen LogP contribution in [0.15, 0.2) is 48.5 Å². The molecule has 2 aliphatic rings. The molecule has 0 saturated carbocycles. The van der Waals surface area contributed by atoms with Gasteiger partial charge in [-0.25, -0.2) is 0 Å². The first-order valence-electron chi connectivity index (χ1n) is 10.7. The van der Waals surface area contributed by atoms with Crippen LogP contribution in [0.2, 0.25) is 0 Å². The predicted octanol–water partition coefficient (Wildman–Crippen LogP) is 3.54. The molecule has 0 bridgehead atoms. The van der Waals surface area contributed by atoms with Crippen LogP contribution in [-0.4, -0.2) is 54.9 Å². The fourth-order valence-corrected chi connectivity index (χ4v) is 3.98. The molecule has 8 nitrogen and oxygen atoms in total. The van der Waals surface area contributed by atoms with E-state index in [4.69, 9.17) is 24.4 Å². The number of benzene rings is 2. The average molecular weight is 419 g/mol. The van der Waals surface area contributed by atoms with Crippen LogP contribution in [0.5, 0.6) is 5.75 Å². The van der Waals surface area contributed by atoms with E-state index in [-0.39, 0.29) is 0 Å². The summed E-state index contributed by atoms with van der Waals surface area (Å²) in [4.78, 5) is 18.7. The lowest BCUT2D eigenvalue weighted by molar-refractivity contribution is 0.122. The number of anilines is 5. The van der Waals surface area contributed by atoms with Crippen LogP contribution in [0.1, 0.15) is 12.0 Å². The van der Waals surface area contributed by atoms with E-state index in [0.717, 1.165) is 43.9 Å². The van der Waals surface area contributed by atoms with Crippen molar-refractivity contribution >= 4 is 29.2 Å². The largest absolute Gasteiger partial charge is 0.497 e. The summed E-state index contributed by atoms with van der Waals surface area (Å²) in [7, 11) is 1.66. The van der Waals surface area contributed by atoms with E-state index in [1.807, 2.05) is 24.3 Å². The number of methoxy groups -OCH3 is 1. The second-order valence-electron chi connectivity index (χ2n) is 7.60. The molecule has 0 radical (unpaired) electrons. The Morgan fingerprint density at radius 2 is 1.68 bits per heavy atom. The molecule has 5 rings (SSSR count). The number of nitrogens with one attached hydrogen (secondary N) is 1. The monoisotopic (exact) mass is 418 g/mol. The molecule has 0 atom stereocenters. The molecule has 1 aromatic heterocycles. The normalized spacial score (nSPS) is 16.0. The Balaban J connectivity index is 1.52. The van der Waals surface area contributed by atoms with E-state index in [1.165, 1.54) is 11.3 Å². The van der Waals surface area contributed by atoms with Gasteiger partial charge in [0.2, 0.25) is 17.8 Å². The van der Waals surface area contributed by atoms with Gasteiger partial charge in [0.15, 0.2) is 0 Å². The van der Waals surface area contributed by atoms with Gasteiger partial charge in [0.05, 0.1) is 20.3 Å². The summed E-state index contributed by atoms with van der Waals surface area (Å²) < 4.78 is 10.8. The Morgan fingerprint density at radius 1 is 0.903 bits per heavy atom. The number of para-hydroxylation sites is 1. The van der Waals surface area contributed by atoms with Crippen LogP contribution in [0.25, 0.3) is 0 Å². The maximum absolute atomic E-state index is 5.51. The molecule has 0 unspecified atom stereocenters. The lowest BCUT2D eigenvalue weighted by Gasteiger charge is -2.31. The SMILES string of the molecule is COc1ccc(Nc2nc(N3CCOCC3)nc(N3CCCc4ccccc43)n2)cc1. The third-order valence-corrected chi connectivity index (χ3v) is 5.60. The molecule has 31 heavy (non-hydrogen) atoms. The van der Waals surface area contributed by atoms with Gasteiger partial charge in [-0.3, -0.25) is 0 Å². The van der Waals surface area contributed by atoms with Crippen molar-refractivity contribution in [3.8, 4) is 5.75 Å². The maximum Gasteiger partial charge on any atom is 0.236 e. The van der Waals surface area contributed by atoms with Crippen LogP contribution in [0.3, 0.4) is 0 Å². The van der Waals surface area contributed by atoms with Crippen molar-refractivity contribution in [2.24, 2.45) is 0 Å². The van der Waals surface area contributed by atoms with Crippen molar-refractivity contribution in [3.63, 3.8) is 0 Å². The van der Waals surface area contributed by atoms with Crippen LogP contribution >= 0.6 is 0 Å².